The van der Waals surface area contributed by atoms with E-state index in [1.807, 2.05) is 49.1 Å². The highest BCUT2D eigenvalue weighted by molar-refractivity contribution is 5.56. The number of aliphatic hydroxyl groups excluding tert-OH is 1. The van der Waals surface area contributed by atoms with E-state index in [1.165, 1.54) is 6.07 Å². The van der Waals surface area contributed by atoms with E-state index >= 15 is 0 Å². The van der Waals surface area contributed by atoms with E-state index in [0.717, 1.165) is 5.56 Å². The third-order valence-electron chi connectivity index (χ3n) is 3.57. The van der Waals surface area contributed by atoms with Crippen LogP contribution in [-0.2, 0) is 6.54 Å². The number of aliphatic hydroxyl groups is 1. The van der Waals surface area contributed by atoms with E-state index < -0.39 is 6.10 Å². The summed E-state index contributed by atoms with van der Waals surface area (Å²) in [6.07, 6.45) is -0.701. The smallest absolute Gasteiger partial charge is 0.146 e. The largest absolute Gasteiger partial charge is 0.389 e. The molecule has 0 saturated carbocycles. The molecular weight excluding hydrogens is 265 g/mol. The molecule has 2 rings (SSSR count). The minimum absolute atomic E-state index is 0.125. The fourth-order valence-corrected chi connectivity index (χ4v) is 2.47. The molecule has 1 atom stereocenters. The van der Waals surface area contributed by atoms with Gasteiger partial charge in [-0.15, -0.1) is 0 Å². The highest BCUT2D eigenvalue weighted by atomic mass is 19.1. The van der Waals surface area contributed by atoms with E-state index in [2.05, 4.69) is 0 Å². The Morgan fingerprint density at radius 1 is 1.00 bits per heavy atom. The molecule has 2 aromatic rings. The van der Waals surface area contributed by atoms with Gasteiger partial charge in [-0.3, -0.25) is 0 Å². The molecule has 21 heavy (non-hydrogen) atoms. The first-order valence-corrected chi connectivity index (χ1v) is 7.27. The van der Waals surface area contributed by atoms with Crippen LogP contribution >= 0.6 is 0 Å². The van der Waals surface area contributed by atoms with Crippen LogP contribution in [0.2, 0.25) is 0 Å². The van der Waals surface area contributed by atoms with E-state index in [9.17, 15) is 9.50 Å². The van der Waals surface area contributed by atoms with Gasteiger partial charge < -0.3 is 10.0 Å². The Hall–Kier alpha value is -1.87. The summed E-state index contributed by atoms with van der Waals surface area (Å²) in [6.45, 7) is 6.33. The molecule has 0 heterocycles. The Bertz CT molecular complexity index is 581. The SMILES string of the molecule is CC(C)N(Cc1ccccc1)c1c(F)cccc1[C@H](C)O. The number of halogens is 1. The Morgan fingerprint density at radius 3 is 2.24 bits per heavy atom. The van der Waals surface area contributed by atoms with Crippen LogP contribution in [0.1, 0.15) is 38.0 Å². The molecule has 0 aliphatic heterocycles. The molecule has 1 N–H and O–H groups in total. The Balaban J connectivity index is 2.44. The summed E-state index contributed by atoms with van der Waals surface area (Å²) < 4.78 is 14.4. The van der Waals surface area contributed by atoms with Crippen molar-refractivity contribution in [3.63, 3.8) is 0 Å². The maximum atomic E-state index is 14.4. The van der Waals surface area contributed by atoms with Gasteiger partial charge in [0.25, 0.3) is 0 Å². The lowest BCUT2D eigenvalue weighted by atomic mass is 10.0. The summed E-state index contributed by atoms with van der Waals surface area (Å²) in [5.74, 6) is -0.293. The molecule has 0 aromatic heterocycles. The van der Waals surface area contributed by atoms with Gasteiger partial charge in [-0.05, 0) is 32.4 Å². The van der Waals surface area contributed by atoms with Crippen LogP contribution in [0.25, 0.3) is 0 Å². The summed E-state index contributed by atoms with van der Waals surface area (Å²) in [5, 5.41) is 9.93. The maximum Gasteiger partial charge on any atom is 0.146 e. The minimum Gasteiger partial charge on any atom is -0.389 e. The second-order valence-corrected chi connectivity index (χ2v) is 5.56. The van der Waals surface area contributed by atoms with Crippen LogP contribution in [0.15, 0.2) is 48.5 Å². The number of hydrogen-bond acceptors (Lipinski definition) is 2. The van der Waals surface area contributed by atoms with Crippen molar-refractivity contribution in [3.05, 3.63) is 65.5 Å². The monoisotopic (exact) mass is 287 g/mol. The lowest BCUT2D eigenvalue weighted by Crippen LogP contribution is -2.32. The van der Waals surface area contributed by atoms with Crippen LogP contribution < -0.4 is 4.90 Å². The van der Waals surface area contributed by atoms with Gasteiger partial charge in [0, 0.05) is 18.2 Å². The standard InChI is InChI=1S/C18H22FNO/c1-13(2)20(12-15-8-5-4-6-9-15)18-16(14(3)21)10-7-11-17(18)19/h4-11,13-14,21H,12H2,1-3H3/t14-/m0/s1. The number of hydrogen-bond donors (Lipinski definition) is 1. The lowest BCUT2D eigenvalue weighted by molar-refractivity contribution is 0.199. The third-order valence-corrected chi connectivity index (χ3v) is 3.57. The predicted molar refractivity (Wildman–Crippen MR) is 84.8 cm³/mol. The van der Waals surface area contributed by atoms with Gasteiger partial charge in [0.05, 0.1) is 11.8 Å². The number of benzene rings is 2. The Labute approximate surface area is 125 Å². The Morgan fingerprint density at radius 2 is 1.67 bits per heavy atom. The molecule has 0 aliphatic carbocycles. The number of rotatable bonds is 5. The molecule has 0 bridgehead atoms. The van der Waals surface area contributed by atoms with Crippen molar-refractivity contribution < 1.29 is 9.50 Å². The van der Waals surface area contributed by atoms with Crippen molar-refractivity contribution >= 4 is 5.69 Å². The van der Waals surface area contributed by atoms with E-state index in [0.29, 0.717) is 17.8 Å². The summed E-state index contributed by atoms with van der Waals surface area (Å²) in [4.78, 5) is 1.99. The fraction of sp³-hybridized carbons (Fsp3) is 0.333. The third kappa shape index (κ3) is 3.61. The van der Waals surface area contributed by atoms with Crippen molar-refractivity contribution in [1.29, 1.82) is 0 Å². The number of anilines is 1. The number of nitrogens with zero attached hydrogens (tertiary/aromatic N) is 1. The molecule has 2 nitrogen and oxygen atoms in total. The van der Waals surface area contributed by atoms with Crippen LogP contribution in [0.3, 0.4) is 0 Å². The molecule has 0 fully saturated rings. The highest BCUT2D eigenvalue weighted by Crippen LogP contribution is 2.31. The van der Waals surface area contributed by atoms with Crippen molar-refractivity contribution in [2.75, 3.05) is 4.90 Å². The highest BCUT2D eigenvalue weighted by Gasteiger charge is 2.21. The first-order valence-electron chi connectivity index (χ1n) is 7.27. The number of para-hydroxylation sites is 1. The lowest BCUT2D eigenvalue weighted by Gasteiger charge is -2.32. The van der Waals surface area contributed by atoms with E-state index in [4.69, 9.17) is 0 Å². The maximum absolute atomic E-state index is 14.4. The van der Waals surface area contributed by atoms with Gasteiger partial charge in [0.2, 0.25) is 0 Å². The quantitative estimate of drug-likeness (QED) is 0.886. The molecule has 0 unspecified atom stereocenters. The van der Waals surface area contributed by atoms with E-state index in [1.54, 1.807) is 19.1 Å². The topological polar surface area (TPSA) is 23.5 Å². The molecule has 0 amide bonds. The summed E-state index contributed by atoms with van der Waals surface area (Å²) in [7, 11) is 0. The van der Waals surface area contributed by atoms with Crippen LogP contribution in [0, 0.1) is 5.82 Å². The van der Waals surface area contributed by atoms with Crippen LogP contribution in [0.4, 0.5) is 10.1 Å². The first-order chi connectivity index (χ1) is 10.0. The van der Waals surface area contributed by atoms with Gasteiger partial charge in [-0.2, -0.15) is 0 Å². The van der Waals surface area contributed by atoms with Crippen molar-refractivity contribution in [2.24, 2.45) is 0 Å². The normalized spacial score (nSPS) is 12.5. The van der Waals surface area contributed by atoms with Crippen molar-refractivity contribution in [1.82, 2.24) is 0 Å². The zero-order valence-electron chi connectivity index (χ0n) is 12.8. The summed E-state index contributed by atoms with van der Waals surface area (Å²) in [5.41, 5.74) is 2.23. The van der Waals surface area contributed by atoms with E-state index in [-0.39, 0.29) is 11.9 Å². The van der Waals surface area contributed by atoms with Gasteiger partial charge in [0.15, 0.2) is 0 Å². The Kier molecular flexibility index (Phi) is 4.97. The fourth-order valence-electron chi connectivity index (χ4n) is 2.47. The molecule has 3 heteroatoms. The van der Waals surface area contributed by atoms with Gasteiger partial charge in [-0.25, -0.2) is 4.39 Å². The molecule has 0 radical (unpaired) electrons. The van der Waals surface area contributed by atoms with Gasteiger partial charge in [0.1, 0.15) is 5.82 Å². The van der Waals surface area contributed by atoms with Crippen LogP contribution in [0.5, 0.6) is 0 Å². The first kappa shape index (κ1) is 15.5. The molecule has 0 spiro atoms. The van der Waals surface area contributed by atoms with Crippen LogP contribution in [-0.4, -0.2) is 11.1 Å². The van der Waals surface area contributed by atoms with Gasteiger partial charge in [-0.1, -0.05) is 42.5 Å². The zero-order chi connectivity index (χ0) is 15.4. The predicted octanol–water partition coefficient (Wildman–Crippen LogP) is 4.29. The van der Waals surface area contributed by atoms with Gasteiger partial charge >= 0.3 is 0 Å². The zero-order valence-corrected chi connectivity index (χ0v) is 12.8. The van der Waals surface area contributed by atoms with Crippen molar-refractivity contribution in [3.8, 4) is 0 Å². The molecular formula is C18H22FNO. The molecule has 0 aliphatic rings. The molecule has 0 saturated heterocycles. The summed E-state index contributed by atoms with van der Waals surface area (Å²) in [6, 6.07) is 15.0. The average molecular weight is 287 g/mol. The molecule has 112 valence electrons. The second-order valence-electron chi connectivity index (χ2n) is 5.56. The molecule has 2 aromatic carbocycles. The second kappa shape index (κ2) is 6.72. The minimum atomic E-state index is -0.701. The average Bonchev–Trinajstić information content (AvgIpc) is 2.45. The summed E-state index contributed by atoms with van der Waals surface area (Å²) >= 11 is 0. The van der Waals surface area contributed by atoms with Crippen molar-refractivity contribution in [2.45, 2.75) is 39.5 Å².